The number of nitrogens with one attached hydrogen (secondary N) is 1. The van der Waals surface area contributed by atoms with Crippen LogP contribution in [-0.4, -0.2) is 19.7 Å². The van der Waals surface area contributed by atoms with Crippen molar-refractivity contribution in [2.75, 3.05) is 4.72 Å². The maximum Gasteiger partial charge on any atom is 0.586 e. The van der Waals surface area contributed by atoms with Crippen LogP contribution in [0, 0.1) is 0 Å². The van der Waals surface area contributed by atoms with Crippen LogP contribution in [0.1, 0.15) is 0 Å². The van der Waals surface area contributed by atoms with Crippen LogP contribution < -0.4 is 14.2 Å². The molecule has 0 bridgehead atoms. The van der Waals surface area contributed by atoms with E-state index in [1.165, 1.54) is 12.1 Å². The fraction of sp³-hybridized carbons (Fsp3) is 0.100. The Morgan fingerprint density at radius 2 is 2.00 bits per heavy atom. The van der Waals surface area contributed by atoms with Gasteiger partial charge in [0.2, 0.25) is 0 Å². The van der Waals surface area contributed by atoms with Gasteiger partial charge in [-0.2, -0.15) is 0 Å². The van der Waals surface area contributed by atoms with Gasteiger partial charge in [-0.25, -0.2) is 13.4 Å². The van der Waals surface area contributed by atoms with E-state index in [0.717, 1.165) is 23.6 Å². The van der Waals surface area contributed by atoms with E-state index in [1.54, 1.807) is 0 Å². The lowest BCUT2D eigenvalue weighted by Crippen LogP contribution is -2.25. The minimum Gasteiger partial charge on any atom is -0.395 e. The van der Waals surface area contributed by atoms with Crippen molar-refractivity contribution in [3.63, 3.8) is 0 Å². The zero-order chi connectivity index (χ0) is 15.3. The molecule has 0 amide bonds. The van der Waals surface area contributed by atoms with Crippen LogP contribution >= 0.6 is 22.9 Å². The molecule has 2 heterocycles. The molecule has 0 atom stereocenters. The Labute approximate surface area is 126 Å². The summed E-state index contributed by atoms with van der Waals surface area (Å²) >= 11 is 6.34. The molecule has 1 N–H and O–H groups in total. The van der Waals surface area contributed by atoms with Crippen molar-refractivity contribution >= 4 is 38.6 Å². The molecule has 1 aromatic carbocycles. The minimum atomic E-state index is -3.90. The first-order chi connectivity index (χ1) is 9.75. The van der Waals surface area contributed by atoms with E-state index in [9.17, 15) is 17.2 Å². The van der Waals surface area contributed by atoms with Crippen molar-refractivity contribution in [1.29, 1.82) is 0 Å². The number of rotatable bonds is 3. The molecule has 0 aliphatic carbocycles. The average molecular weight is 355 g/mol. The van der Waals surface area contributed by atoms with Crippen LogP contribution in [-0.2, 0) is 10.0 Å². The Hall–Kier alpha value is -1.65. The summed E-state index contributed by atoms with van der Waals surface area (Å²) in [5, 5.41) is 0. The number of hydrogen-bond donors (Lipinski definition) is 1. The van der Waals surface area contributed by atoms with Crippen molar-refractivity contribution in [3.8, 4) is 11.5 Å². The van der Waals surface area contributed by atoms with Gasteiger partial charge < -0.3 is 9.47 Å². The van der Waals surface area contributed by atoms with E-state index in [1.807, 2.05) is 0 Å². The third kappa shape index (κ3) is 2.87. The van der Waals surface area contributed by atoms with Crippen molar-refractivity contribution in [2.24, 2.45) is 0 Å². The molecule has 0 spiro atoms. The lowest BCUT2D eigenvalue weighted by molar-refractivity contribution is -0.286. The van der Waals surface area contributed by atoms with Gasteiger partial charge in [-0.05, 0) is 12.1 Å². The summed E-state index contributed by atoms with van der Waals surface area (Å²) in [7, 11) is -3.90. The van der Waals surface area contributed by atoms with E-state index in [0.29, 0.717) is 0 Å². The molecule has 21 heavy (non-hydrogen) atoms. The monoisotopic (exact) mass is 354 g/mol. The van der Waals surface area contributed by atoms with Gasteiger partial charge in [0.05, 0.1) is 11.9 Å². The molecule has 2 aromatic rings. The SMILES string of the molecule is O=S(=O)(Nc1ccc2c(c1)OC(F)(F)O2)c1cnc(Cl)s1. The number of alkyl halides is 2. The summed E-state index contributed by atoms with van der Waals surface area (Å²) in [6, 6.07) is 3.54. The highest BCUT2D eigenvalue weighted by Crippen LogP contribution is 2.42. The van der Waals surface area contributed by atoms with Gasteiger partial charge in [0, 0.05) is 6.07 Å². The van der Waals surface area contributed by atoms with E-state index >= 15 is 0 Å². The number of benzene rings is 1. The summed E-state index contributed by atoms with van der Waals surface area (Å²) < 4.78 is 60.4. The smallest absolute Gasteiger partial charge is 0.395 e. The minimum absolute atomic E-state index is 0.0413. The Bertz CT molecular complexity index is 809. The van der Waals surface area contributed by atoms with Crippen LogP contribution in [0.15, 0.2) is 28.6 Å². The number of ether oxygens (including phenoxy) is 2. The summed E-state index contributed by atoms with van der Waals surface area (Å²) in [5.74, 6) is -0.439. The first-order valence-electron chi connectivity index (χ1n) is 5.29. The number of nitrogens with zero attached hydrogens (tertiary/aromatic N) is 1. The highest BCUT2D eigenvalue weighted by Gasteiger charge is 2.43. The molecule has 6 nitrogen and oxygen atoms in total. The van der Waals surface area contributed by atoms with Crippen molar-refractivity contribution in [2.45, 2.75) is 10.5 Å². The zero-order valence-electron chi connectivity index (χ0n) is 9.84. The van der Waals surface area contributed by atoms with Crippen molar-refractivity contribution in [1.82, 2.24) is 4.98 Å². The highest BCUT2D eigenvalue weighted by atomic mass is 35.5. The third-order valence-electron chi connectivity index (χ3n) is 2.37. The summed E-state index contributed by atoms with van der Waals surface area (Å²) in [5.41, 5.74) is 0.0413. The number of thiazole rings is 1. The number of aromatic nitrogens is 1. The predicted molar refractivity (Wildman–Crippen MR) is 70.6 cm³/mol. The molecule has 0 saturated heterocycles. The fourth-order valence-corrected chi connectivity index (χ4v) is 3.92. The van der Waals surface area contributed by atoms with Crippen LogP contribution in [0.25, 0.3) is 0 Å². The molecule has 11 heteroatoms. The van der Waals surface area contributed by atoms with E-state index < -0.39 is 16.3 Å². The van der Waals surface area contributed by atoms with Gasteiger partial charge in [0.25, 0.3) is 10.0 Å². The molecule has 1 aliphatic rings. The first-order valence-corrected chi connectivity index (χ1v) is 7.97. The van der Waals surface area contributed by atoms with Gasteiger partial charge in [-0.15, -0.1) is 8.78 Å². The highest BCUT2D eigenvalue weighted by molar-refractivity contribution is 7.94. The van der Waals surface area contributed by atoms with Crippen molar-refractivity contribution in [3.05, 3.63) is 28.9 Å². The Morgan fingerprint density at radius 1 is 1.29 bits per heavy atom. The lowest BCUT2D eigenvalue weighted by atomic mass is 10.3. The van der Waals surface area contributed by atoms with Gasteiger partial charge in [-0.1, -0.05) is 22.9 Å². The quantitative estimate of drug-likeness (QED) is 0.917. The number of anilines is 1. The summed E-state index contributed by atoms with van der Waals surface area (Å²) in [6.45, 7) is 0. The second-order valence-corrected chi connectivity index (χ2v) is 7.39. The maximum absolute atomic E-state index is 12.9. The van der Waals surface area contributed by atoms with Gasteiger partial charge >= 0.3 is 6.29 Å². The van der Waals surface area contributed by atoms with Crippen molar-refractivity contribution < 1.29 is 26.7 Å². The molecule has 1 aromatic heterocycles. The molecule has 0 saturated carbocycles. The van der Waals surface area contributed by atoms with E-state index in [-0.39, 0.29) is 25.9 Å². The zero-order valence-corrected chi connectivity index (χ0v) is 12.2. The topological polar surface area (TPSA) is 77.5 Å². The molecule has 0 fully saturated rings. The largest absolute Gasteiger partial charge is 0.586 e. The Kier molecular flexibility index (Phi) is 3.19. The van der Waals surface area contributed by atoms with Crippen LogP contribution in [0.3, 0.4) is 0 Å². The first kappa shape index (κ1) is 14.3. The van der Waals surface area contributed by atoms with Gasteiger partial charge in [0.1, 0.15) is 0 Å². The van der Waals surface area contributed by atoms with Gasteiger partial charge in [-0.3, -0.25) is 4.72 Å². The van der Waals surface area contributed by atoms with Gasteiger partial charge in [0.15, 0.2) is 20.2 Å². The Morgan fingerprint density at radius 3 is 2.67 bits per heavy atom. The molecular formula is C10H5ClF2N2O4S2. The maximum atomic E-state index is 12.9. The normalized spacial score (nSPS) is 16.0. The summed E-state index contributed by atoms with van der Waals surface area (Å²) in [6.07, 6.45) is -2.67. The van der Waals surface area contributed by atoms with Crippen LogP contribution in [0.2, 0.25) is 4.47 Å². The number of hydrogen-bond acceptors (Lipinski definition) is 6. The molecule has 1 aliphatic heterocycles. The van der Waals surface area contributed by atoms with Crippen LogP contribution in [0.5, 0.6) is 11.5 Å². The number of fused-ring (bicyclic) bond motifs is 1. The molecule has 112 valence electrons. The number of sulfonamides is 1. The molecule has 0 radical (unpaired) electrons. The standard InChI is InChI=1S/C10H5ClF2N2O4S2/c11-9-14-4-8(20-9)21(16,17)15-5-1-2-6-7(3-5)19-10(12,13)18-6/h1-4,15H. The second kappa shape index (κ2) is 4.68. The molecule has 0 unspecified atom stereocenters. The average Bonchev–Trinajstić information content (AvgIpc) is 2.90. The van der Waals surface area contributed by atoms with E-state index in [4.69, 9.17) is 11.6 Å². The molecule has 3 rings (SSSR count). The number of halogens is 3. The lowest BCUT2D eigenvalue weighted by Gasteiger charge is -2.06. The van der Waals surface area contributed by atoms with Crippen LogP contribution in [0.4, 0.5) is 14.5 Å². The third-order valence-corrected chi connectivity index (χ3v) is 5.33. The summed E-state index contributed by atoms with van der Waals surface area (Å²) in [4.78, 5) is 3.62. The predicted octanol–water partition coefficient (Wildman–Crippen LogP) is 2.92. The molecular weight excluding hydrogens is 350 g/mol. The fourth-order valence-electron chi connectivity index (χ4n) is 1.58. The second-order valence-electron chi connectivity index (χ2n) is 3.87. The Balaban J connectivity index is 1.87. The van der Waals surface area contributed by atoms with E-state index in [2.05, 4.69) is 19.2 Å².